The Labute approximate surface area is 154 Å². The van der Waals surface area contributed by atoms with Crippen LogP contribution in [0, 0.1) is 19.3 Å². The van der Waals surface area contributed by atoms with Gasteiger partial charge in [0, 0.05) is 13.1 Å². The van der Waals surface area contributed by atoms with E-state index in [1.54, 1.807) is 13.2 Å². The molecule has 0 unspecified atom stereocenters. The Morgan fingerprint density at radius 1 is 1.08 bits per heavy atom. The first-order chi connectivity index (χ1) is 12.6. The van der Waals surface area contributed by atoms with E-state index in [0.29, 0.717) is 24.6 Å². The number of hydrogen-bond acceptors (Lipinski definition) is 3. The molecule has 0 aromatic heterocycles. The lowest BCUT2D eigenvalue weighted by Crippen LogP contribution is -2.36. The second-order valence-corrected chi connectivity index (χ2v) is 5.82. The largest absolute Gasteiger partial charge is 0.493 e. The number of amides is 2. The Hall–Kier alpha value is -3.13. The molecule has 5 nitrogen and oxygen atoms in total. The van der Waals surface area contributed by atoms with Crippen LogP contribution in [0.15, 0.2) is 42.5 Å². The molecule has 2 rings (SSSR count). The molecule has 136 valence electrons. The molecule has 0 saturated carbocycles. The predicted octanol–water partition coefficient (Wildman–Crippen LogP) is 3.06. The number of rotatable bonds is 8. The number of aryl methyl sites for hydroxylation is 1. The van der Waals surface area contributed by atoms with Crippen LogP contribution in [0.5, 0.6) is 11.5 Å². The zero-order valence-corrected chi connectivity index (χ0v) is 15.2. The Morgan fingerprint density at radius 3 is 2.50 bits per heavy atom. The number of carbonyl (C=O) groups is 1. The number of ether oxygens (including phenoxy) is 2. The van der Waals surface area contributed by atoms with E-state index in [9.17, 15) is 4.79 Å². The van der Waals surface area contributed by atoms with Crippen molar-refractivity contribution < 1.29 is 14.3 Å². The highest BCUT2D eigenvalue weighted by Gasteiger charge is 2.07. The molecule has 0 aliphatic rings. The number of carbonyl (C=O) groups excluding carboxylic acids is 1. The van der Waals surface area contributed by atoms with Gasteiger partial charge in [0.2, 0.25) is 0 Å². The van der Waals surface area contributed by atoms with E-state index in [-0.39, 0.29) is 12.6 Å². The van der Waals surface area contributed by atoms with E-state index in [0.717, 1.165) is 12.0 Å². The topological polar surface area (TPSA) is 59.6 Å². The lowest BCUT2D eigenvalue weighted by Gasteiger charge is -2.12. The minimum atomic E-state index is -0.209. The molecule has 5 heteroatoms. The number of terminal acetylenes is 1. The van der Waals surface area contributed by atoms with Crippen LogP contribution in [0.4, 0.5) is 4.79 Å². The summed E-state index contributed by atoms with van der Waals surface area (Å²) in [5.41, 5.74) is 3.32. The molecule has 2 N–H and O–H groups in total. The summed E-state index contributed by atoms with van der Waals surface area (Å²) in [4.78, 5) is 11.9. The number of benzene rings is 2. The van der Waals surface area contributed by atoms with Gasteiger partial charge in [0.05, 0.1) is 7.11 Å². The number of hydrogen-bond donors (Lipinski definition) is 2. The summed E-state index contributed by atoms with van der Waals surface area (Å²) in [6.07, 6.45) is 6.01. The van der Waals surface area contributed by atoms with Gasteiger partial charge < -0.3 is 20.1 Å². The third-order valence-electron chi connectivity index (χ3n) is 3.81. The van der Waals surface area contributed by atoms with Crippen molar-refractivity contribution in [2.45, 2.75) is 19.9 Å². The Balaban J connectivity index is 1.79. The monoisotopic (exact) mass is 352 g/mol. The molecule has 0 saturated heterocycles. The molecule has 0 aliphatic heterocycles. The molecule has 0 radical (unpaired) electrons. The molecule has 0 atom stereocenters. The lowest BCUT2D eigenvalue weighted by molar-refractivity contribution is 0.240. The first-order valence-corrected chi connectivity index (χ1v) is 8.43. The maximum atomic E-state index is 11.9. The number of methoxy groups -OCH3 is 1. The average Bonchev–Trinajstić information content (AvgIpc) is 2.66. The maximum absolute atomic E-state index is 11.9. The van der Waals surface area contributed by atoms with Gasteiger partial charge in [0.1, 0.15) is 6.61 Å². The van der Waals surface area contributed by atoms with Gasteiger partial charge in [-0.25, -0.2) is 4.79 Å². The van der Waals surface area contributed by atoms with Gasteiger partial charge in [-0.15, -0.1) is 6.42 Å². The summed E-state index contributed by atoms with van der Waals surface area (Å²) in [6.45, 7) is 3.17. The van der Waals surface area contributed by atoms with E-state index < -0.39 is 0 Å². The molecule has 0 aliphatic carbocycles. The first kappa shape index (κ1) is 19.2. The van der Waals surface area contributed by atoms with E-state index in [4.69, 9.17) is 15.9 Å². The van der Waals surface area contributed by atoms with Crippen LogP contribution in [0.1, 0.15) is 16.7 Å². The third kappa shape index (κ3) is 6.06. The zero-order valence-electron chi connectivity index (χ0n) is 15.2. The predicted molar refractivity (Wildman–Crippen MR) is 102 cm³/mol. The molecule has 2 aromatic rings. The third-order valence-corrected chi connectivity index (χ3v) is 3.81. The molecule has 2 amide bonds. The van der Waals surface area contributed by atoms with Crippen molar-refractivity contribution in [3.63, 3.8) is 0 Å². The molecular weight excluding hydrogens is 328 g/mol. The highest BCUT2D eigenvalue weighted by atomic mass is 16.5. The molecule has 0 heterocycles. The number of urea groups is 1. The summed E-state index contributed by atoms with van der Waals surface area (Å²) < 4.78 is 10.7. The summed E-state index contributed by atoms with van der Waals surface area (Å²) in [5, 5.41) is 5.68. The highest BCUT2D eigenvalue weighted by molar-refractivity contribution is 5.73. The van der Waals surface area contributed by atoms with Gasteiger partial charge >= 0.3 is 6.03 Å². The Bertz CT molecular complexity index is 764. The first-order valence-electron chi connectivity index (χ1n) is 8.43. The maximum Gasteiger partial charge on any atom is 0.315 e. The van der Waals surface area contributed by atoms with Crippen LogP contribution in [0.25, 0.3) is 0 Å². The molecule has 0 fully saturated rings. The quantitative estimate of drug-likeness (QED) is 0.718. The zero-order chi connectivity index (χ0) is 18.8. The SMILES string of the molecule is C#CCOc1cc(CNC(=O)NCCc2ccc(C)cc2)ccc1OC. The van der Waals surface area contributed by atoms with Crippen LogP contribution < -0.4 is 20.1 Å². The van der Waals surface area contributed by atoms with Gasteiger partial charge in [-0.1, -0.05) is 41.8 Å². The fourth-order valence-electron chi connectivity index (χ4n) is 2.38. The van der Waals surface area contributed by atoms with Crippen molar-refractivity contribution in [3.8, 4) is 23.8 Å². The van der Waals surface area contributed by atoms with Crippen molar-refractivity contribution in [1.82, 2.24) is 10.6 Å². The van der Waals surface area contributed by atoms with E-state index in [2.05, 4.69) is 47.7 Å². The van der Waals surface area contributed by atoms with Crippen LogP contribution in [-0.2, 0) is 13.0 Å². The van der Waals surface area contributed by atoms with Crippen molar-refractivity contribution in [2.75, 3.05) is 20.3 Å². The van der Waals surface area contributed by atoms with Gasteiger partial charge in [-0.05, 0) is 36.6 Å². The standard InChI is InChI=1S/C21H24N2O3/c1-4-13-26-20-14-18(9-10-19(20)25-3)15-23-21(24)22-12-11-17-7-5-16(2)6-8-17/h1,5-10,14H,11-13,15H2,2-3H3,(H2,22,23,24). The minimum absolute atomic E-state index is 0.159. The summed E-state index contributed by atoms with van der Waals surface area (Å²) in [7, 11) is 1.57. The van der Waals surface area contributed by atoms with Gasteiger partial charge in [0.15, 0.2) is 11.5 Å². The van der Waals surface area contributed by atoms with Crippen LogP contribution in [0.2, 0.25) is 0 Å². The molecule has 0 spiro atoms. The summed E-state index contributed by atoms with van der Waals surface area (Å²) in [6, 6.07) is 13.5. The second kappa shape index (κ2) is 10.00. The van der Waals surface area contributed by atoms with Gasteiger partial charge in [-0.3, -0.25) is 0 Å². The lowest BCUT2D eigenvalue weighted by atomic mass is 10.1. The fourth-order valence-corrected chi connectivity index (χ4v) is 2.38. The van der Waals surface area contributed by atoms with E-state index >= 15 is 0 Å². The fraction of sp³-hybridized carbons (Fsp3) is 0.286. The van der Waals surface area contributed by atoms with E-state index in [1.807, 2.05) is 12.1 Å². The summed E-state index contributed by atoms with van der Waals surface area (Å²) in [5.74, 6) is 3.58. The van der Waals surface area contributed by atoms with Crippen LogP contribution >= 0.6 is 0 Å². The van der Waals surface area contributed by atoms with Crippen molar-refractivity contribution in [2.24, 2.45) is 0 Å². The Morgan fingerprint density at radius 2 is 1.81 bits per heavy atom. The second-order valence-electron chi connectivity index (χ2n) is 5.82. The van der Waals surface area contributed by atoms with E-state index in [1.165, 1.54) is 11.1 Å². The molecule has 26 heavy (non-hydrogen) atoms. The van der Waals surface area contributed by atoms with Crippen LogP contribution in [0.3, 0.4) is 0 Å². The highest BCUT2D eigenvalue weighted by Crippen LogP contribution is 2.27. The normalized spacial score (nSPS) is 9.88. The minimum Gasteiger partial charge on any atom is -0.493 e. The molecule has 2 aromatic carbocycles. The van der Waals surface area contributed by atoms with Crippen molar-refractivity contribution >= 4 is 6.03 Å². The Kier molecular flexibility index (Phi) is 7.38. The van der Waals surface area contributed by atoms with Crippen LogP contribution in [-0.4, -0.2) is 26.3 Å². The van der Waals surface area contributed by atoms with Gasteiger partial charge in [-0.2, -0.15) is 0 Å². The average molecular weight is 352 g/mol. The molecular formula is C21H24N2O3. The molecule has 0 bridgehead atoms. The number of nitrogens with one attached hydrogen (secondary N) is 2. The van der Waals surface area contributed by atoms with Crippen molar-refractivity contribution in [1.29, 1.82) is 0 Å². The summed E-state index contributed by atoms with van der Waals surface area (Å²) >= 11 is 0. The van der Waals surface area contributed by atoms with Gasteiger partial charge in [0.25, 0.3) is 0 Å². The van der Waals surface area contributed by atoms with Crippen molar-refractivity contribution in [3.05, 3.63) is 59.2 Å². The smallest absolute Gasteiger partial charge is 0.315 e.